The maximum absolute atomic E-state index is 12.2. The fourth-order valence-electron chi connectivity index (χ4n) is 2.87. The monoisotopic (exact) mass is 368 g/mol. The molecule has 27 heavy (non-hydrogen) atoms. The summed E-state index contributed by atoms with van der Waals surface area (Å²) in [5.41, 5.74) is 3.62. The molecule has 0 amide bonds. The quantitative estimate of drug-likeness (QED) is 0.424. The fourth-order valence-corrected chi connectivity index (χ4v) is 2.87. The number of nitrogens with zero attached hydrogens (tertiary/aromatic N) is 2. The van der Waals surface area contributed by atoms with Crippen molar-refractivity contribution >= 4 is 12.0 Å². The van der Waals surface area contributed by atoms with E-state index >= 15 is 0 Å². The van der Waals surface area contributed by atoms with Gasteiger partial charge in [-0.1, -0.05) is 0 Å². The average Bonchev–Trinajstić information content (AvgIpc) is 2.93. The van der Waals surface area contributed by atoms with Crippen LogP contribution in [0.25, 0.3) is 11.8 Å². The van der Waals surface area contributed by atoms with Crippen molar-refractivity contribution in [1.29, 1.82) is 5.26 Å². The van der Waals surface area contributed by atoms with Crippen LogP contribution in [0.5, 0.6) is 5.75 Å². The number of hydrogen-bond acceptors (Lipinski definition) is 5. The molecule has 1 unspecified atom stereocenters. The van der Waals surface area contributed by atoms with Gasteiger partial charge >= 0.3 is 5.97 Å². The van der Waals surface area contributed by atoms with Crippen molar-refractivity contribution in [3.05, 3.63) is 52.9 Å². The number of methoxy groups -OCH3 is 2. The zero-order valence-corrected chi connectivity index (χ0v) is 16.3. The number of ether oxygens (including phenoxy) is 3. The number of rotatable bonds is 7. The lowest BCUT2D eigenvalue weighted by Gasteiger charge is -2.11. The third-order valence-corrected chi connectivity index (χ3v) is 4.15. The van der Waals surface area contributed by atoms with Gasteiger partial charge in [0.05, 0.1) is 13.7 Å². The summed E-state index contributed by atoms with van der Waals surface area (Å²) in [5, 5.41) is 9.37. The normalized spacial score (nSPS) is 12.4. The Morgan fingerprint density at radius 2 is 1.93 bits per heavy atom. The Labute approximate surface area is 159 Å². The van der Waals surface area contributed by atoms with Crippen LogP contribution in [0, 0.1) is 25.2 Å². The highest BCUT2D eigenvalue weighted by Crippen LogP contribution is 2.24. The van der Waals surface area contributed by atoms with Crippen LogP contribution < -0.4 is 4.74 Å². The molecule has 0 fully saturated rings. The molecular weight excluding hydrogens is 344 g/mol. The number of hydrogen-bond donors (Lipinski definition) is 0. The van der Waals surface area contributed by atoms with Gasteiger partial charge in [0.1, 0.15) is 23.5 Å². The first kappa shape index (κ1) is 20.3. The van der Waals surface area contributed by atoms with E-state index in [9.17, 15) is 10.1 Å². The largest absolute Gasteiger partial charge is 0.497 e. The molecule has 6 nitrogen and oxygen atoms in total. The first-order valence-corrected chi connectivity index (χ1v) is 8.56. The Hall–Kier alpha value is -3.04. The summed E-state index contributed by atoms with van der Waals surface area (Å²) in [4.78, 5) is 12.2. The van der Waals surface area contributed by atoms with Crippen molar-refractivity contribution in [1.82, 2.24) is 4.57 Å². The molecule has 1 heterocycles. The molecular formula is C21H24N2O4. The number of benzene rings is 1. The molecule has 0 bridgehead atoms. The Balaban J connectivity index is 2.34. The first-order chi connectivity index (χ1) is 12.9. The second-order valence-corrected chi connectivity index (χ2v) is 6.20. The molecule has 0 aliphatic heterocycles. The number of nitriles is 1. The molecule has 1 aromatic carbocycles. The molecule has 0 spiro atoms. The predicted molar refractivity (Wildman–Crippen MR) is 103 cm³/mol. The van der Waals surface area contributed by atoms with E-state index in [0.717, 1.165) is 28.4 Å². The van der Waals surface area contributed by atoms with Crippen LogP contribution in [0.2, 0.25) is 0 Å². The standard InChI is InChI=1S/C21H24N2O4/c1-14-10-17(11-18(12-22)21(24)27-15(2)13-25-4)16(3)23(14)19-6-8-20(26-5)9-7-19/h6-11,15H,13H2,1-5H3/b18-11+. The third-order valence-electron chi connectivity index (χ3n) is 4.15. The van der Waals surface area contributed by atoms with Crippen LogP contribution in [-0.2, 0) is 14.3 Å². The molecule has 0 saturated heterocycles. The summed E-state index contributed by atoms with van der Waals surface area (Å²) < 4.78 is 17.4. The van der Waals surface area contributed by atoms with E-state index in [2.05, 4.69) is 4.57 Å². The van der Waals surface area contributed by atoms with Crippen LogP contribution >= 0.6 is 0 Å². The van der Waals surface area contributed by atoms with Gasteiger partial charge < -0.3 is 18.8 Å². The van der Waals surface area contributed by atoms with Gasteiger partial charge in [0, 0.05) is 24.2 Å². The molecule has 142 valence electrons. The Morgan fingerprint density at radius 1 is 1.26 bits per heavy atom. The molecule has 0 N–H and O–H groups in total. The molecule has 2 rings (SSSR count). The van der Waals surface area contributed by atoms with E-state index in [-0.39, 0.29) is 12.2 Å². The molecule has 6 heteroatoms. The van der Waals surface area contributed by atoms with Crippen molar-refractivity contribution < 1.29 is 19.0 Å². The van der Waals surface area contributed by atoms with E-state index in [1.807, 2.05) is 50.2 Å². The van der Waals surface area contributed by atoms with Crippen molar-refractivity contribution in [2.45, 2.75) is 26.9 Å². The van der Waals surface area contributed by atoms with Gasteiger partial charge in [0.15, 0.2) is 0 Å². The third kappa shape index (κ3) is 4.78. The second kappa shape index (κ2) is 9.06. The van der Waals surface area contributed by atoms with Crippen molar-refractivity contribution in [3.8, 4) is 17.5 Å². The van der Waals surface area contributed by atoms with Gasteiger partial charge in [-0.2, -0.15) is 5.26 Å². The lowest BCUT2D eigenvalue weighted by atomic mass is 10.1. The zero-order chi connectivity index (χ0) is 20.0. The molecule has 0 saturated carbocycles. The Bertz CT molecular complexity index is 873. The maximum atomic E-state index is 12.2. The van der Waals surface area contributed by atoms with E-state index in [0.29, 0.717) is 0 Å². The van der Waals surface area contributed by atoms with Crippen molar-refractivity contribution in [2.24, 2.45) is 0 Å². The summed E-state index contributed by atoms with van der Waals surface area (Å²) in [6.45, 7) is 5.90. The maximum Gasteiger partial charge on any atom is 0.349 e. The van der Waals surface area contributed by atoms with Gasteiger partial charge in [-0.05, 0) is 62.7 Å². The minimum absolute atomic E-state index is 0.0482. The van der Waals surface area contributed by atoms with Crippen LogP contribution in [0.1, 0.15) is 23.9 Å². The summed E-state index contributed by atoms with van der Waals surface area (Å²) in [6.07, 6.45) is 1.13. The van der Waals surface area contributed by atoms with Gasteiger partial charge in [-0.3, -0.25) is 0 Å². The highest BCUT2D eigenvalue weighted by molar-refractivity contribution is 5.98. The smallest absolute Gasteiger partial charge is 0.349 e. The van der Waals surface area contributed by atoms with Crippen LogP contribution in [0.4, 0.5) is 0 Å². The lowest BCUT2D eigenvalue weighted by Crippen LogP contribution is -2.20. The topological polar surface area (TPSA) is 73.5 Å². The Kier molecular flexibility index (Phi) is 6.80. The first-order valence-electron chi connectivity index (χ1n) is 8.56. The highest BCUT2D eigenvalue weighted by atomic mass is 16.6. The number of esters is 1. The minimum Gasteiger partial charge on any atom is -0.497 e. The number of aryl methyl sites for hydroxylation is 1. The molecule has 2 aromatic rings. The lowest BCUT2D eigenvalue weighted by molar-refractivity contribution is -0.145. The zero-order valence-electron chi connectivity index (χ0n) is 16.3. The van der Waals surface area contributed by atoms with Gasteiger partial charge in [-0.15, -0.1) is 0 Å². The van der Waals surface area contributed by atoms with Gasteiger partial charge in [0.2, 0.25) is 0 Å². The second-order valence-electron chi connectivity index (χ2n) is 6.20. The fraction of sp³-hybridized carbons (Fsp3) is 0.333. The predicted octanol–water partition coefficient (Wildman–Crippen LogP) is 3.59. The number of carbonyl (C=O) groups excluding carboxylic acids is 1. The van der Waals surface area contributed by atoms with Crippen LogP contribution in [-0.4, -0.2) is 37.5 Å². The van der Waals surface area contributed by atoms with Gasteiger partial charge in [-0.25, -0.2) is 4.79 Å². The molecule has 1 aromatic heterocycles. The van der Waals surface area contributed by atoms with Crippen LogP contribution in [0.15, 0.2) is 35.9 Å². The summed E-state index contributed by atoms with van der Waals surface area (Å²) in [6, 6.07) is 11.6. The molecule has 0 radical (unpaired) electrons. The van der Waals surface area contributed by atoms with Gasteiger partial charge in [0.25, 0.3) is 0 Å². The van der Waals surface area contributed by atoms with E-state index in [1.165, 1.54) is 7.11 Å². The SMILES string of the molecule is COCC(C)OC(=O)/C(C#N)=C/c1cc(C)n(-c2ccc(OC)cc2)c1C. The minimum atomic E-state index is -0.656. The van der Waals surface area contributed by atoms with E-state index < -0.39 is 12.1 Å². The van der Waals surface area contributed by atoms with Crippen molar-refractivity contribution in [3.63, 3.8) is 0 Å². The van der Waals surface area contributed by atoms with E-state index in [1.54, 1.807) is 20.1 Å². The molecule has 0 aliphatic rings. The highest BCUT2D eigenvalue weighted by Gasteiger charge is 2.17. The summed E-state index contributed by atoms with van der Waals surface area (Å²) >= 11 is 0. The summed E-state index contributed by atoms with van der Waals surface area (Å²) in [5.74, 6) is 0.123. The van der Waals surface area contributed by atoms with Crippen molar-refractivity contribution in [2.75, 3.05) is 20.8 Å². The molecule has 0 aliphatic carbocycles. The average molecular weight is 368 g/mol. The molecule has 1 atom stereocenters. The summed E-state index contributed by atoms with van der Waals surface area (Å²) in [7, 11) is 3.15. The number of aromatic nitrogens is 1. The number of carbonyl (C=O) groups is 1. The Morgan fingerprint density at radius 3 is 2.48 bits per heavy atom. The van der Waals surface area contributed by atoms with E-state index in [4.69, 9.17) is 14.2 Å². The van der Waals surface area contributed by atoms with Crippen LogP contribution in [0.3, 0.4) is 0 Å².